The molecule has 0 spiro atoms. The number of pyridine rings is 1. The fourth-order valence-corrected chi connectivity index (χ4v) is 1.97. The number of nitrogens with zero attached hydrogens (tertiary/aromatic N) is 2. The standard InChI is InChI=1S/C14H21N3O4/c1-11-10-17(5-6-20-11)14(18)16-12-3-4-13(15-9-12)21-8-7-19-2/h3-4,9,11H,5-8,10H2,1-2H3,(H,16,18). The highest BCUT2D eigenvalue weighted by atomic mass is 16.5. The number of hydrogen-bond donors (Lipinski definition) is 1. The van der Waals surface area contributed by atoms with E-state index in [0.29, 0.717) is 44.5 Å². The Labute approximate surface area is 124 Å². The quantitative estimate of drug-likeness (QED) is 0.830. The summed E-state index contributed by atoms with van der Waals surface area (Å²) in [7, 11) is 1.61. The Morgan fingerprint density at radius 3 is 3.05 bits per heavy atom. The SMILES string of the molecule is COCCOc1ccc(NC(=O)N2CCOC(C)C2)cn1. The highest BCUT2D eigenvalue weighted by molar-refractivity contribution is 5.89. The summed E-state index contributed by atoms with van der Waals surface area (Å²) in [5, 5.41) is 2.82. The lowest BCUT2D eigenvalue weighted by Crippen LogP contribution is -2.46. The number of amides is 2. The number of carbonyl (C=O) groups excluding carboxylic acids is 1. The molecule has 2 amide bonds. The molecule has 21 heavy (non-hydrogen) atoms. The van der Waals surface area contributed by atoms with Gasteiger partial charge in [-0.1, -0.05) is 0 Å². The fourth-order valence-electron chi connectivity index (χ4n) is 1.97. The number of carbonyl (C=O) groups is 1. The van der Waals surface area contributed by atoms with Crippen LogP contribution in [0.1, 0.15) is 6.92 Å². The predicted molar refractivity (Wildman–Crippen MR) is 77.6 cm³/mol. The van der Waals surface area contributed by atoms with E-state index in [9.17, 15) is 4.79 Å². The Hall–Kier alpha value is -1.86. The maximum Gasteiger partial charge on any atom is 0.322 e. The molecule has 0 bridgehead atoms. The van der Waals surface area contributed by atoms with Gasteiger partial charge < -0.3 is 24.4 Å². The van der Waals surface area contributed by atoms with Gasteiger partial charge in [0.25, 0.3) is 0 Å². The van der Waals surface area contributed by atoms with Crippen molar-refractivity contribution in [2.75, 3.05) is 45.3 Å². The van der Waals surface area contributed by atoms with Crippen molar-refractivity contribution in [2.24, 2.45) is 0 Å². The number of morpholine rings is 1. The van der Waals surface area contributed by atoms with Crippen LogP contribution in [0.2, 0.25) is 0 Å². The first-order valence-electron chi connectivity index (χ1n) is 6.94. The molecule has 1 aliphatic heterocycles. The molecule has 1 unspecified atom stereocenters. The third-order valence-electron chi connectivity index (χ3n) is 3.05. The maximum atomic E-state index is 12.1. The summed E-state index contributed by atoms with van der Waals surface area (Å²) in [6, 6.07) is 3.34. The van der Waals surface area contributed by atoms with Crippen LogP contribution in [0, 0.1) is 0 Å². The summed E-state index contributed by atoms with van der Waals surface area (Å²) < 4.78 is 15.7. The summed E-state index contributed by atoms with van der Waals surface area (Å²) in [6.45, 7) is 4.67. The number of ether oxygens (including phenoxy) is 3. The van der Waals surface area contributed by atoms with E-state index >= 15 is 0 Å². The normalized spacial score (nSPS) is 18.4. The zero-order valence-corrected chi connectivity index (χ0v) is 12.4. The monoisotopic (exact) mass is 295 g/mol. The molecule has 1 aliphatic rings. The summed E-state index contributed by atoms with van der Waals surface area (Å²) in [5.74, 6) is 0.505. The second-order valence-electron chi connectivity index (χ2n) is 4.78. The molecule has 1 N–H and O–H groups in total. The highest BCUT2D eigenvalue weighted by Gasteiger charge is 2.21. The minimum atomic E-state index is -0.139. The van der Waals surface area contributed by atoms with Gasteiger partial charge >= 0.3 is 6.03 Å². The Kier molecular flexibility index (Phi) is 5.77. The first kappa shape index (κ1) is 15.5. The third kappa shape index (κ3) is 4.87. The minimum Gasteiger partial charge on any atom is -0.475 e. The van der Waals surface area contributed by atoms with E-state index < -0.39 is 0 Å². The van der Waals surface area contributed by atoms with Crippen LogP contribution in [0.5, 0.6) is 5.88 Å². The van der Waals surface area contributed by atoms with Crippen molar-refractivity contribution < 1.29 is 19.0 Å². The second-order valence-corrected chi connectivity index (χ2v) is 4.78. The van der Waals surface area contributed by atoms with Crippen LogP contribution >= 0.6 is 0 Å². The van der Waals surface area contributed by atoms with Crippen LogP contribution in [0.3, 0.4) is 0 Å². The topological polar surface area (TPSA) is 72.9 Å². The van der Waals surface area contributed by atoms with Crippen LogP contribution in [-0.4, -0.2) is 62.0 Å². The zero-order chi connectivity index (χ0) is 15.1. The van der Waals surface area contributed by atoms with E-state index in [1.165, 1.54) is 0 Å². The van der Waals surface area contributed by atoms with Crippen molar-refractivity contribution in [2.45, 2.75) is 13.0 Å². The molecule has 1 aromatic heterocycles. The van der Waals surface area contributed by atoms with Crippen molar-refractivity contribution in [3.63, 3.8) is 0 Å². The smallest absolute Gasteiger partial charge is 0.322 e. The maximum absolute atomic E-state index is 12.1. The van der Waals surface area contributed by atoms with Crippen molar-refractivity contribution >= 4 is 11.7 Å². The van der Waals surface area contributed by atoms with Gasteiger partial charge in [-0.2, -0.15) is 0 Å². The third-order valence-corrected chi connectivity index (χ3v) is 3.05. The van der Waals surface area contributed by atoms with E-state index in [4.69, 9.17) is 14.2 Å². The average molecular weight is 295 g/mol. The summed E-state index contributed by atoms with van der Waals surface area (Å²) in [5.41, 5.74) is 0.637. The molecule has 0 radical (unpaired) electrons. The van der Waals surface area contributed by atoms with Crippen LogP contribution in [0.4, 0.5) is 10.5 Å². The van der Waals surface area contributed by atoms with E-state index in [1.807, 2.05) is 6.92 Å². The van der Waals surface area contributed by atoms with Gasteiger partial charge in [-0.3, -0.25) is 0 Å². The molecule has 1 atom stereocenters. The van der Waals surface area contributed by atoms with Crippen molar-refractivity contribution in [1.82, 2.24) is 9.88 Å². The van der Waals surface area contributed by atoms with Crippen molar-refractivity contribution in [3.8, 4) is 5.88 Å². The largest absolute Gasteiger partial charge is 0.475 e. The predicted octanol–water partition coefficient (Wildman–Crippen LogP) is 1.36. The Bertz CT molecular complexity index is 452. The van der Waals surface area contributed by atoms with Gasteiger partial charge in [0.1, 0.15) is 6.61 Å². The van der Waals surface area contributed by atoms with Crippen LogP contribution in [0.25, 0.3) is 0 Å². The highest BCUT2D eigenvalue weighted by Crippen LogP contribution is 2.13. The second kappa shape index (κ2) is 7.80. The first-order chi connectivity index (χ1) is 10.2. The lowest BCUT2D eigenvalue weighted by molar-refractivity contribution is -0.00138. The van der Waals surface area contributed by atoms with Gasteiger partial charge in [0.15, 0.2) is 0 Å². The number of hydrogen-bond acceptors (Lipinski definition) is 5. The van der Waals surface area contributed by atoms with Gasteiger partial charge in [-0.25, -0.2) is 9.78 Å². The molecule has 2 heterocycles. The number of aromatic nitrogens is 1. The van der Waals surface area contributed by atoms with E-state index in [-0.39, 0.29) is 12.1 Å². The molecular weight excluding hydrogens is 274 g/mol. The van der Waals surface area contributed by atoms with Crippen LogP contribution in [0.15, 0.2) is 18.3 Å². The molecule has 1 fully saturated rings. The van der Waals surface area contributed by atoms with Crippen molar-refractivity contribution in [1.29, 1.82) is 0 Å². The van der Waals surface area contributed by atoms with E-state index in [0.717, 1.165) is 0 Å². The van der Waals surface area contributed by atoms with Crippen molar-refractivity contribution in [3.05, 3.63) is 18.3 Å². The van der Waals surface area contributed by atoms with Gasteiger partial charge in [-0.15, -0.1) is 0 Å². The molecule has 116 valence electrons. The summed E-state index contributed by atoms with van der Waals surface area (Å²) >= 11 is 0. The number of methoxy groups -OCH3 is 1. The number of urea groups is 1. The van der Waals surface area contributed by atoms with E-state index in [1.54, 1.807) is 30.3 Å². The van der Waals surface area contributed by atoms with E-state index in [2.05, 4.69) is 10.3 Å². The Morgan fingerprint density at radius 1 is 1.52 bits per heavy atom. The summed E-state index contributed by atoms with van der Waals surface area (Å²) in [4.78, 5) is 18.0. The van der Waals surface area contributed by atoms with Crippen LogP contribution < -0.4 is 10.1 Å². The van der Waals surface area contributed by atoms with Crippen LogP contribution in [-0.2, 0) is 9.47 Å². The molecule has 0 aromatic carbocycles. The lowest BCUT2D eigenvalue weighted by Gasteiger charge is -2.31. The zero-order valence-electron chi connectivity index (χ0n) is 12.4. The molecule has 1 aromatic rings. The molecule has 7 heteroatoms. The minimum absolute atomic E-state index is 0.0687. The van der Waals surface area contributed by atoms with Gasteiger partial charge in [0.05, 0.1) is 31.2 Å². The van der Waals surface area contributed by atoms with Gasteiger partial charge in [0, 0.05) is 26.3 Å². The average Bonchev–Trinajstić information content (AvgIpc) is 2.49. The number of anilines is 1. The summed E-state index contributed by atoms with van der Waals surface area (Å²) in [6.07, 6.45) is 1.64. The first-order valence-corrected chi connectivity index (χ1v) is 6.94. The number of nitrogens with one attached hydrogen (secondary N) is 1. The molecule has 0 saturated carbocycles. The van der Waals surface area contributed by atoms with Gasteiger partial charge in [0.2, 0.25) is 5.88 Å². The molecule has 2 rings (SSSR count). The molecular formula is C14H21N3O4. The number of rotatable bonds is 5. The fraction of sp³-hybridized carbons (Fsp3) is 0.571. The molecule has 0 aliphatic carbocycles. The Morgan fingerprint density at radius 2 is 2.38 bits per heavy atom. The molecule has 7 nitrogen and oxygen atoms in total. The Balaban J connectivity index is 1.83. The lowest BCUT2D eigenvalue weighted by atomic mass is 10.3. The molecule has 1 saturated heterocycles. The van der Waals surface area contributed by atoms with Gasteiger partial charge in [-0.05, 0) is 13.0 Å².